The summed E-state index contributed by atoms with van der Waals surface area (Å²) in [6.07, 6.45) is -3.78. The maximum Gasteiger partial charge on any atom is 0.417 e. The van der Waals surface area contributed by atoms with E-state index < -0.39 is 23.1 Å². The van der Waals surface area contributed by atoms with E-state index in [-0.39, 0.29) is 5.56 Å². The van der Waals surface area contributed by atoms with Crippen LogP contribution in [0.15, 0.2) is 17.2 Å². The highest BCUT2D eigenvalue weighted by molar-refractivity contribution is 5.82. The molecule has 0 heterocycles. The minimum absolute atomic E-state index is 0.246. The Morgan fingerprint density at radius 2 is 1.93 bits per heavy atom. The lowest BCUT2D eigenvalue weighted by molar-refractivity contribution is -0.138. The molecule has 1 aromatic carbocycles. The lowest BCUT2D eigenvalue weighted by atomic mass is 10.0. The molecular formula is C9H8F4N2. The summed E-state index contributed by atoms with van der Waals surface area (Å²) in [7, 11) is 0. The summed E-state index contributed by atoms with van der Waals surface area (Å²) < 4.78 is 50.6. The first-order valence-corrected chi connectivity index (χ1v) is 3.97. The molecule has 2 N–H and O–H groups in total. The van der Waals surface area contributed by atoms with Gasteiger partial charge < -0.3 is 5.84 Å². The van der Waals surface area contributed by atoms with Crippen molar-refractivity contribution in [2.45, 2.75) is 13.1 Å². The van der Waals surface area contributed by atoms with Crippen molar-refractivity contribution in [1.82, 2.24) is 0 Å². The van der Waals surface area contributed by atoms with Crippen molar-refractivity contribution in [2.24, 2.45) is 10.9 Å². The van der Waals surface area contributed by atoms with E-state index in [0.717, 1.165) is 25.3 Å². The Balaban J connectivity index is 3.49. The predicted octanol–water partition coefficient (Wildman–Crippen LogP) is 2.45. The summed E-state index contributed by atoms with van der Waals surface area (Å²) in [6.45, 7) is 1.06. The largest absolute Gasteiger partial charge is 0.417 e. The second kappa shape index (κ2) is 3.88. The van der Waals surface area contributed by atoms with Crippen molar-refractivity contribution in [1.29, 1.82) is 0 Å². The van der Waals surface area contributed by atoms with Crippen molar-refractivity contribution in [3.63, 3.8) is 0 Å². The fourth-order valence-corrected chi connectivity index (χ4v) is 1.27. The molecule has 0 unspecified atom stereocenters. The van der Waals surface area contributed by atoms with Gasteiger partial charge in [0.15, 0.2) is 0 Å². The SMILES string of the molecule is Cc1c(F)ccc(C=NN)c1C(F)(F)F. The number of benzene rings is 1. The molecule has 1 rings (SSSR count). The molecule has 2 nitrogen and oxygen atoms in total. The lowest BCUT2D eigenvalue weighted by Crippen LogP contribution is -2.13. The monoisotopic (exact) mass is 220 g/mol. The highest BCUT2D eigenvalue weighted by atomic mass is 19.4. The molecule has 0 aliphatic carbocycles. The van der Waals surface area contributed by atoms with E-state index in [1.165, 1.54) is 0 Å². The normalized spacial score (nSPS) is 12.3. The van der Waals surface area contributed by atoms with E-state index in [2.05, 4.69) is 5.10 Å². The van der Waals surface area contributed by atoms with Crippen LogP contribution in [0, 0.1) is 12.7 Å². The van der Waals surface area contributed by atoms with Gasteiger partial charge in [-0.1, -0.05) is 0 Å². The number of alkyl halides is 3. The lowest BCUT2D eigenvalue weighted by Gasteiger charge is -2.13. The van der Waals surface area contributed by atoms with Gasteiger partial charge in [0.25, 0.3) is 0 Å². The van der Waals surface area contributed by atoms with Gasteiger partial charge in [0.2, 0.25) is 0 Å². The van der Waals surface area contributed by atoms with Gasteiger partial charge in [-0.25, -0.2) is 4.39 Å². The fourth-order valence-electron chi connectivity index (χ4n) is 1.27. The fraction of sp³-hybridized carbons (Fsp3) is 0.222. The highest BCUT2D eigenvalue weighted by Gasteiger charge is 2.35. The Morgan fingerprint density at radius 1 is 1.33 bits per heavy atom. The van der Waals surface area contributed by atoms with E-state index in [0.29, 0.717) is 0 Å². The Morgan fingerprint density at radius 3 is 2.40 bits per heavy atom. The Labute approximate surface area is 83.4 Å². The van der Waals surface area contributed by atoms with Crippen molar-refractivity contribution >= 4 is 6.21 Å². The molecule has 0 amide bonds. The van der Waals surface area contributed by atoms with Crippen LogP contribution in [0.4, 0.5) is 17.6 Å². The molecule has 0 fully saturated rings. The molecule has 0 bridgehead atoms. The summed E-state index contributed by atoms with van der Waals surface area (Å²) in [5.41, 5.74) is -1.75. The van der Waals surface area contributed by atoms with E-state index in [1.54, 1.807) is 0 Å². The second-order valence-electron chi connectivity index (χ2n) is 2.91. The maximum atomic E-state index is 13.0. The third kappa shape index (κ3) is 2.26. The van der Waals surface area contributed by atoms with Crippen molar-refractivity contribution in [3.05, 3.63) is 34.6 Å². The van der Waals surface area contributed by atoms with Crippen LogP contribution < -0.4 is 5.84 Å². The van der Waals surface area contributed by atoms with E-state index in [9.17, 15) is 17.6 Å². The number of rotatable bonds is 1. The summed E-state index contributed by atoms with van der Waals surface area (Å²) in [6, 6.07) is 1.93. The average molecular weight is 220 g/mol. The van der Waals surface area contributed by atoms with Gasteiger partial charge in [-0.3, -0.25) is 0 Å². The molecule has 1 aromatic rings. The zero-order chi connectivity index (χ0) is 11.6. The molecule has 0 spiro atoms. The zero-order valence-corrected chi connectivity index (χ0v) is 7.77. The van der Waals surface area contributed by atoms with Crippen LogP contribution in [-0.4, -0.2) is 6.21 Å². The Kier molecular flexibility index (Phi) is 2.97. The van der Waals surface area contributed by atoms with Gasteiger partial charge in [-0.15, -0.1) is 0 Å². The maximum absolute atomic E-state index is 13.0. The van der Waals surface area contributed by atoms with Crippen LogP contribution in [0.3, 0.4) is 0 Å². The molecule has 82 valence electrons. The number of hydrogen-bond acceptors (Lipinski definition) is 2. The number of hydrazone groups is 1. The van der Waals surface area contributed by atoms with Gasteiger partial charge in [0.05, 0.1) is 11.8 Å². The molecule has 0 radical (unpaired) electrons. The predicted molar refractivity (Wildman–Crippen MR) is 47.9 cm³/mol. The number of nitrogens with zero attached hydrogens (tertiary/aromatic N) is 1. The second-order valence-corrected chi connectivity index (χ2v) is 2.91. The van der Waals surface area contributed by atoms with Crippen molar-refractivity contribution in [3.8, 4) is 0 Å². The van der Waals surface area contributed by atoms with Gasteiger partial charge in [-0.2, -0.15) is 18.3 Å². The van der Waals surface area contributed by atoms with Crippen LogP contribution >= 0.6 is 0 Å². The van der Waals surface area contributed by atoms with Gasteiger partial charge >= 0.3 is 6.18 Å². The average Bonchev–Trinajstić information content (AvgIpc) is 2.10. The first-order valence-electron chi connectivity index (χ1n) is 3.97. The smallest absolute Gasteiger partial charge is 0.323 e. The molecule has 0 saturated heterocycles. The van der Waals surface area contributed by atoms with Crippen LogP contribution in [0.2, 0.25) is 0 Å². The molecule has 0 aliphatic heterocycles. The highest BCUT2D eigenvalue weighted by Crippen LogP contribution is 2.34. The van der Waals surface area contributed by atoms with E-state index >= 15 is 0 Å². The third-order valence-electron chi connectivity index (χ3n) is 1.93. The molecular weight excluding hydrogens is 212 g/mol. The Bertz CT molecular complexity index is 396. The molecule has 15 heavy (non-hydrogen) atoms. The standard InChI is InChI=1S/C9H8F4N2/c1-5-7(10)3-2-6(4-15-14)8(5)9(11,12)13/h2-4H,14H2,1H3. The minimum atomic E-state index is -4.62. The van der Waals surface area contributed by atoms with Gasteiger partial charge in [-0.05, 0) is 24.6 Å². The summed E-state index contributed by atoms with van der Waals surface area (Å²) in [5.74, 6) is 3.86. The summed E-state index contributed by atoms with van der Waals surface area (Å²) >= 11 is 0. The Hall–Kier alpha value is -1.59. The zero-order valence-electron chi connectivity index (χ0n) is 7.77. The molecule has 6 heteroatoms. The molecule has 0 aromatic heterocycles. The summed E-state index contributed by atoms with van der Waals surface area (Å²) in [5, 5.41) is 3.00. The summed E-state index contributed by atoms with van der Waals surface area (Å²) in [4.78, 5) is 0. The van der Waals surface area contributed by atoms with Crippen molar-refractivity contribution in [2.75, 3.05) is 0 Å². The van der Waals surface area contributed by atoms with Crippen LogP contribution in [0.25, 0.3) is 0 Å². The molecule has 0 atom stereocenters. The number of hydrogen-bond donors (Lipinski definition) is 1. The van der Waals surface area contributed by atoms with Crippen LogP contribution in [0.5, 0.6) is 0 Å². The molecule has 0 aliphatic rings. The topological polar surface area (TPSA) is 38.4 Å². The van der Waals surface area contributed by atoms with E-state index in [1.807, 2.05) is 0 Å². The van der Waals surface area contributed by atoms with Crippen LogP contribution in [0.1, 0.15) is 16.7 Å². The third-order valence-corrected chi connectivity index (χ3v) is 1.93. The first-order chi connectivity index (χ1) is 6.88. The first kappa shape index (κ1) is 11.5. The number of halogens is 4. The minimum Gasteiger partial charge on any atom is -0.323 e. The van der Waals surface area contributed by atoms with Gasteiger partial charge in [0, 0.05) is 5.56 Å². The van der Waals surface area contributed by atoms with Gasteiger partial charge in [0.1, 0.15) is 5.82 Å². The number of nitrogens with two attached hydrogens (primary N) is 1. The van der Waals surface area contributed by atoms with Crippen LogP contribution in [-0.2, 0) is 6.18 Å². The van der Waals surface area contributed by atoms with E-state index in [4.69, 9.17) is 5.84 Å². The quantitative estimate of drug-likeness (QED) is 0.335. The van der Waals surface area contributed by atoms with Crippen molar-refractivity contribution < 1.29 is 17.6 Å². The molecule has 0 saturated carbocycles.